The molecule has 1 fully saturated rings. The quantitative estimate of drug-likeness (QED) is 0.722. The minimum atomic E-state index is 0.391. The topological polar surface area (TPSA) is 0 Å². The Morgan fingerprint density at radius 2 is 1.28 bits per heavy atom. The average molecular weight is 236 g/mol. The predicted octanol–water partition coefficient (Wildman–Crippen LogP) is 4.74. The zero-order valence-electron chi connectivity index (χ0n) is 10.8. The van der Waals surface area contributed by atoms with Gasteiger partial charge in [0.25, 0.3) is 0 Å². The lowest BCUT2D eigenvalue weighted by Crippen LogP contribution is -2.25. The van der Waals surface area contributed by atoms with Crippen molar-refractivity contribution in [3.63, 3.8) is 0 Å². The molecule has 0 N–H and O–H groups in total. The van der Waals surface area contributed by atoms with E-state index in [1.54, 1.807) is 0 Å². The highest BCUT2D eigenvalue weighted by molar-refractivity contribution is 5.30. The van der Waals surface area contributed by atoms with E-state index >= 15 is 0 Å². The first-order chi connectivity index (χ1) is 8.89. The molecular formula is C18H20. The van der Waals surface area contributed by atoms with Crippen molar-refractivity contribution in [2.75, 3.05) is 0 Å². The third kappa shape index (κ3) is 2.20. The van der Waals surface area contributed by atoms with E-state index in [9.17, 15) is 0 Å². The second kappa shape index (κ2) is 4.97. The van der Waals surface area contributed by atoms with Crippen molar-refractivity contribution in [2.24, 2.45) is 0 Å². The van der Waals surface area contributed by atoms with Crippen LogP contribution in [0, 0.1) is 0 Å². The van der Waals surface area contributed by atoms with Crippen molar-refractivity contribution in [1.29, 1.82) is 0 Å². The molecule has 1 aliphatic rings. The molecule has 0 heteroatoms. The monoisotopic (exact) mass is 236 g/mol. The van der Waals surface area contributed by atoms with Crippen LogP contribution in [0.25, 0.3) is 0 Å². The summed E-state index contributed by atoms with van der Waals surface area (Å²) < 4.78 is 0. The molecule has 0 radical (unpaired) electrons. The lowest BCUT2D eigenvalue weighted by molar-refractivity contribution is 0.437. The molecule has 2 aromatic carbocycles. The summed E-state index contributed by atoms with van der Waals surface area (Å²) in [5.41, 5.74) is 3.40. The van der Waals surface area contributed by atoms with E-state index in [4.69, 9.17) is 0 Å². The Hall–Kier alpha value is -1.56. The molecule has 0 nitrogen and oxygen atoms in total. The van der Waals surface area contributed by atoms with Crippen LogP contribution in [0.4, 0.5) is 0 Å². The Kier molecular flexibility index (Phi) is 3.19. The minimum Gasteiger partial charge on any atom is -0.0622 e. The van der Waals surface area contributed by atoms with Crippen molar-refractivity contribution >= 4 is 0 Å². The molecule has 0 saturated heterocycles. The first kappa shape index (κ1) is 11.5. The minimum absolute atomic E-state index is 0.391. The largest absolute Gasteiger partial charge is 0.0622 e. The third-order valence-electron chi connectivity index (χ3n) is 4.33. The summed E-state index contributed by atoms with van der Waals surface area (Å²) in [5.74, 6) is 0. The number of rotatable bonds is 3. The predicted molar refractivity (Wildman–Crippen MR) is 76.7 cm³/mol. The van der Waals surface area contributed by atoms with Gasteiger partial charge in [-0.15, -0.1) is 0 Å². The van der Waals surface area contributed by atoms with Gasteiger partial charge in [0.15, 0.2) is 0 Å². The van der Waals surface area contributed by atoms with Crippen LogP contribution in [0.2, 0.25) is 0 Å². The molecule has 2 aromatic rings. The summed E-state index contributed by atoms with van der Waals surface area (Å²) in [6.45, 7) is 0. The van der Waals surface area contributed by atoms with E-state index in [-0.39, 0.29) is 0 Å². The molecule has 0 unspecified atom stereocenters. The van der Waals surface area contributed by atoms with Gasteiger partial charge in [-0.05, 0) is 35.8 Å². The molecule has 0 spiro atoms. The zero-order valence-corrected chi connectivity index (χ0v) is 10.8. The van der Waals surface area contributed by atoms with Crippen molar-refractivity contribution in [3.05, 3.63) is 71.8 Å². The molecule has 18 heavy (non-hydrogen) atoms. The average Bonchev–Trinajstić information content (AvgIpc) is 2.91. The summed E-state index contributed by atoms with van der Waals surface area (Å²) >= 11 is 0. The molecule has 0 heterocycles. The first-order valence-corrected chi connectivity index (χ1v) is 6.99. The normalized spacial score (nSPS) is 17.8. The van der Waals surface area contributed by atoms with Crippen LogP contribution in [0.1, 0.15) is 36.8 Å². The van der Waals surface area contributed by atoms with Gasteiger partial charge >= 0.3 is 0 Å². The number of benzene rings is 2. The van der Waals surface area contributed by atoms with Crippen molar-refractivity contribution < 1.29 is 0 Å². The molecule has 1 saturated carbocycles. The van der Waals surface area contributed by atoms with Gasteiger partial charge in [-0.1, -0.05) is 73.5 Å². The smallest absolute Gasteiger partial charge is 0.000665 e. The van der Waals surface area contributed by atoms with Gasteiger partial charge < -0.3 is 0 Å². The van der Waals surface area contributed by atoms with Crippen LogP contribution in [0.3, 0.4) is 0 Å². The van der Waals surface area contributed by atoms with Crippen LogP contribution in [0.5, 0.6) is 0 Å². The van der Waals surface area contributed by atoms with Gasteiger partial charge in [-0.25, -0.2) is 0 Å². The molecule has 0 aliphatic heterocycles. The second-order valence-electron chi connectivity index (χ2n) is 5.52. The van der Waals surface area contributed by atoms with Crippen LogP contribution in [-0.2, 0) is 11.8 Å². The van der Waals surface area contributed by atoms with Crippen LogP contribution >= 0.6 is 0 Å². The van der Waals surface area contributed by atoms with Crippen molar-refractivity contribution in [3.8, 4) is 0 Å². The zero-order chi connectivity index (χ0) is 12.3. The SMILES string of the molecule is c1ccc(CC2(c3ccccc3)CCCC2)cc1. The highest BCUT2D eigenvalue weighted by atomic mass is 14.4. The summed E-state index contributed by atoms with van der Waals surface area (Å²) in [6.07, 6.45) is 6.62. The van der Waals surface area contributed by atoms with Gasteiger partial charge in [0.1, 0.15) is 0 Å². The summed E-state index contributed by atoms with van der Waals surface area (Å²) in [4.78, 5) is 0. The second-order valence-corrected chi connectivity index (χ2v) is 5.52. The van der Waals surface area contributed by atoms with Gasteiger partial charge in [0.05, 0.1) is 0 Å². The standard InChI is InChI=1S/C18H20/c1-3-9-16(10-4-1)15-18(13-7-8-14-18)17-11-5-2-6-12-17/h1-6,9-12H,7-8,13-15H2. The summed E-state index contributed by atoms with van der Waals surface area (Å²) in [7, 11) is 0. The molecule has 0 atom stereocenters. The fourth-order valence-corrected chi connectivity index (χ4v) is 3.40. The Morgan fingerprint density at radius 1 is 0.722 bits per heavy atom. The first-order valence-electron chi connectivity index (χ1n) is 6.99. The molecular weight excluding hydrogens is 216 g/mol. The van der Waals surface area contributed by atoms with Crippen molar-refractivity contribution in [2.45, 2.75) is 37.5 Å². The van der Waals surface area contributed by atoms with Gasteiger partial charge in [-0.3, -0.25) is 0 Å². The van der Waals surface area contributed by atoms with Crippen LogP contribution in [0.15, 0.2) is 60.7 Å². The summed E-state index contributed by atoms with van der Waals surface area (Å²) in [6, 6.07) is 22.1. The van der Waals surface area contributed by atoms with E-state index in [1.165, 1.54) is 43.2 Å². The Bertz CT molecular complexity index is 478. The van der Waals surface area contributed by atoms with Gasteiger partial charge in [0.2, 0.25) is 0 Å². The Morgan fingerprint density at radius 3 is 1.89 bits per heavy atom. The van der Waals surface area contributed by atoms with Crippen LogP contribution < -0.4 is 0 Å². The van der Waals surface area contributed by atoms with E-state index in [1.807, 2.05) is 0 Å². The molecule has 1 aliphatic carbocycles. The van der Waals surface area contributed by atoms with Crippen molar-refractivity contribution in [1.82, 2.24) is 0 Å². The lowest BCUT2D eigenvalue weighted by Gasteiger charge is -2.30. The maximum atomic E-state index is 2.31. The van der Waals surface area contributed by atoms with E-state index in [2.05, 4.69) is 60.7 Å². The molecule has 0 bridgehead atoms. The van der Waals surface area contributed by atoms with E-state index in [0.717, 1.165) is 0 Å². The fourth-order valence-electron chi connectivity index (χ4n) is 3.40. The van der Waals surface area contributed by atoms with Crippen LogP contribution in [-0.4, -0.2) is 0 Å². The molecule has 3 rings (SSSR count). The van der Waals surface area contributed by atoms with E-state index in [0.29, 0.717) is 5.41 Å². The maximum Gasteiger partial charge on any atom is -0.000665 e. The lowest BCUT2D eigenvalue weighted by atomic mass is 9.74. The third-order valence-corrected chi connectivity index (χ3v) is 4.33. The summed E-state index contributed by atoms with van der Waals surface area (Å²) in [5, 5.41) is 0. The number of hydrogen-bond acceptors (Lipinski definition) is 0. The van der Waals surface area contributed by atoms with E-state index < -0.39 is 0 Å². The molecule has 0 aromatic heterocycles. The Labute approximate surface area is 110 Å². The highest BCUT2D eigenvalue weighted by Gasteiger charge is 2.35. The highest BCUT2D eigenvalue weighted by Crippen LogP contribution is 2.43. The van der Waals surface area contributed by atoms with Gasteiger partial charge in [0, 0.05) is 0 Å². The number of hydrogen-bond donors (Lipinski definition) is 0. The fraction of sp³-hybridized carbons (Fsp3) is 0.333. The maximum absolute atomic E-state index is 2.31. The Balaban J connectivity index is 1.93. The molecule has 92 valence electrons. The molecule has 0 amide bonds. The van der Waals surface area contributed by atoms with Gasteiger partial charge in [-0.2, -0.15) is 0 Å².